The van der Waals surface area contributed by atoms with Gasteiger partial charge in [-0.25, -0.2) is 0 Å². The molecule has 1 heterocycles. The molecule has 242 valence electrons. The standard InChI is InChI=1S/C49H35NS/c1-49(2)44-29-27-36(30-43(44)48-40(19-11-20-45(48)49)33-12-4-3-5-13-33)50(37-26-28-42-41-17-8-9-21-46(41)51-47(42)31-37)35-24-22-34(23-25-35)39-18-10-15-32-14-6-7-16-38(32)39/h3-31H,1-2H3. The van der Waals surface area contributed by atoms with Crippen LogP contribution in [-0.2, 0) is 5.41 Å². The Bertz CT molecular complexity index is 2770. The number of thiophene rings is 1. The maximum Gasteiger partial charge on any atom is 0.0476 e. The second kappa shape index (κ2) is 11.6. The molecule has 9 aromatic rings. The summed E-state index contributed by atoms with van der Waals surface area (Å²) in [6, 6.07) is 64.9. The number of hydrogen-bond acceptors (Lipinski definition) is 2. The van der Waals surface area contributed by atoms with E-state index in [2.05, 4.69) is 195 Å². The smallest absolute Gasteiger partial charge is 0.0476 e. The van der Waals surface area contributed by atoms with Gasteiger partial charge >= 0.3 is 0 Å². The molecule has 0 radical (unpaired) electrons. The zero-order valence-electron chi connectivity index (χ0n) is 28.6. The van der Waals surface area contributed by atoms with Crippen molar-refractivity contribution >= 4 is 59.3 Å². The van der Waals surface area contributed by atoms with Crippen LogP contribution in [0.15, 0.2) is 176 Å². The number of hydrogen-bond donors (Lipinski definition) is 0. The number of nitrogens with zero attached hydrogens (tertiary/aromatic N) is 1. The molecule has 0 N–H and O–H groups in total. The van der Waals surface area contributed by atoms with Crippen LogP contribution < -0.4 is 4.90 Å². The molecule has 1 aliphatic carbocycles. The van der Waals surface area contributed by atoms with E-state index in [9.17, 15) is 0 Å². The molecule has 2 heteroatoms. The minimum atomic E-state index is -0.102. The molecule has 1 nitrogen and oxygen atoms in total. The molecule has 0 unspecified atom stereocenters. The summed E-state index contributed by atoms with van der Waals surface area (Å²) in [5.74, 6) is 0. The van der Waals surface area contributed by atoms with Gasteiger partial charge in [0.05, 0.1) is 0 Å². The first-order chi connectivity index (χ1) is 25.0. The van der Waals surface area contributed by atoms with Gasteiger partial charge in [0.15, 0.2) is 0 Å². The van der Waals surface area contributed by atoms with E-state index in [1.807, 2.05) is 11.3 Å². The lowest BCUT2D eigenvalue weighted by Gasteiger charge is -2.27. The molecule has 0 atom stereocenters. The fraction of sp³-hybridized carbons (Fsp3) is 0.0612. The molecule has 0 bridgehead atoms. The van der Waals surface area contributed by atoms with E-state index in [-0.39, 0.29) is 5.41 Å². The van der Waals surface area contributed by atoms with Crippen molar-refractivity contribution in [1.29, 1.82) is 0 Å². The first-order valence-corrected chi connectivity index (χ1v) is 18.5. The van der Waals surface area contributed by atoms with Crippen molar-refractivity contribution in [2.24, 2.45) is 0 Å². The van der Waals surface area contributed by atoms with Crippen LogP contribution in [0, 0.1) is 0 Å². The maximum atomic E-state index is 2.44. The fourth-order valence-corrected chi connectivity index (χ4v) is 9.50. The third kappa shape index (κ3) is 4.75. The molecule has 0 fully saturated rings. The van der Waals surface area contributed by atoms with Crippen LogP contribution in [0.25, 0.3) is 64.3 Å². The lowest BCUT2D eigenvalue weighted by molar-refractivity contribution is 0.660. The predicted molar refractivity (Wildman–Crippen MR) is 220 cm³/mol. The van der Waals surface area contributed by atoms with Crippen LogP contribution >= 0.6 is 11.3 Å². The fourth-order valence-electron chi connectivity index (χ4n) is 8.36. The number of rotatable bonds is 5. The van der Waals surface area contributed by atoms with Crippen molar-refractivity contribution in [3.8, 4) is 33.4 Å². The number of benzene rings is 8. The quantitative estimate of drug-likeness (QED) is 0.176. The van der Waals surface area contributed by atoms with Gasteiger partial charge in [-0.2, -0.15) is 0 Å². The van der Waals surface area contributed by atoms with E-state index in [1.165, 1.54) is 75.5 Å². The zero-order valence-corrected chi connectivity index (χ0v) is 29.4. The highest BCUT2D eigenvalue weighted by Gasteiger charge is 2.37. The van der Waals surface area contributed by atoms with E-state index in [0.717, 1.165) is 17.1 Å². The SMILES string of the molecule is CC1(C)c2ccc(N(c3ccc(-c4cccc5ccccc45)cc3)c3ccc4c(c3)sc3ccccc34)cc2-c2c(-c3ccccc3)cccc21. The Morgan fingerprint density at radius 2 is 1.04 bits per heavy atom. The summed E-state index contributed by atoms with van der Waals surface area (Å²) in [6.45, 7) is 4.73. The first kappa shape index (κ1) is 29.9. The van der Waals surface area contributed by atoms with Crippen LogP contribution in [-0.4, -0.2) is 0 Å². The van der Waals surface area contributed by atoms with Gasteiger partial charge in [0.2, 0.25) is 0 Å². The van der Waals surface area contributed by atoms with Gasteiger partial charge in [0.25, 0.3) is 0 Å². The Kier molecular flexibility index (Phi) is 6.78. The normalized spacial score (nSPS) is 13.1. The van der Waals surface area contributed by atoms with Crippen molar-refractivity contribution < 1.29 is 0 Å². The van der Waals surface area contributed by atoms with Crippen molar-refractivity contribution in [2.45, 2.75) is 19.3 Å². The second-order valence-corrected chi connectivity index (χ2v) is 15.2. The van der Waals surface area contributed by atoms with Gasteiger partial charge in [-0.3, -0.25) is 0 Å². The molecule has 0 saturated heterocycles. The van der Waals surface area contributed by atoms with Crippen molar-refractivity contribution in [2.75, 3.05) is 4.90 Å². The highest BCUT2D eigenvalue weighted by Crippen LogP contribution is 2.54. The van der Waals surface area contributed by atoms with Gasteiger partial charge in [-0.05, 0) is 97.7 Å². The van der Waals surface area contributed by atoms with Gasteiger partial charge < -0.3 is 4.90 Å². The maximum absolute atomic E-state index is 2.44. The average Bonchev–Trinajstić information content (AvgIpc) is 3.66. The summed E-state index contributed by atoms with van der Waals surface area (Å²) >= 11 is 1.87. The number of anilines is 3. The molecule has 1 aromatic heterocycles. The van der Waals surface area contributed by atoms with Crippen LogP contribution in [0.3, 0.4) is 0 Å². The monoisotopic (exact) mass is 669 g/mol. The molecule has 10 rings (SSSR count). The minimum absolute atomic E-state index is 0.102. The summed E-state index contributed by atoms with van der Waals surface area (Å²) in [5, 5.41) is 5.16. The van der Waals surface area contributed by atoms with Gasteiger partial charge in [0.1, 0.15) is 0 Å². The Labute approximate surface area is 302 Å². The third-order valence-corrected chi connectivity index (χ3v) is 12.0. The Morgan fingerprint density at radius 3 is 1.90 bits per heavy atom. The van der Waals surface area contributed by atoms with Gasteiger partial charge in [0, 0.05) is 42.6 Å². The van der Waals surface area contributed by atoms with Crippen LogP contribution in [0.4, 0.5) is 17.1 Å². The van der Waals surface area contributed by atoms with Crippen LogP contribution in [0.2, 0.25) is 0 Å². The van der Waals surface area contributed by atoms with E-state index >= 15 is 0 Å². The Morgan fingerprint density at radius 1 is 0.412 bits per heavy atom. The van der Waals surface area contributed by atoms with Crippen LogP contribution in [0.1, 0.15) is 25.0 Å². The minimum Gasteiger partial charge on any atom is -0.310 e. The summed E-state index contributed by atoms with van der Waals surface area (Å²) in [6.07, 6.45) is 0. The Hall–Kier alpha value is -5.96. The van der Waals surface area contributed by atoms with E-state index in [1.54, 1.807) is 0 Å². The van der Waals surface area contributed by atoms with E-state index < -0.39 is 0 Å². The summed E-state index contributed by atoms with van der Waals surface area (Å²) in [7, 11) is 0. The second-order valence-electron chi connectivity index (χ2n) is 14.1. The largest absolute Gasteiger partial charge is 0.310 e. The molecule has 0 saturated carbocycles. The molecule has 51 heavy (non-hydrogen) atoms. The zero-order chi connectivity index (χ0) is 34.1. The summed E-state index contributed by atoms with van der Waals surface area (Å²) in [4.78, 5) is 2.44. The highest BCUT2D eigenvalue weighted by molar-refractivity contribution is 7.25. The molecular weight excluding hydrogens is 635 g/mol. The van der Waals surface area contributed by atoms with Crippen molar-refractivity contribution in [3.63, 3.8) is 0 Å². The molecule has 0 aliphatic heterocycles. The first-order valence-electron chi connectivity index (χ1n) is 17.7. The molecule has 1 aliphatic rings. The van der Waals surface area contributed by atoms with E-state index in [4.69, 9.17) is 0 Å². The highest BCUT2D eigenvalue weighted by atomic mass is 32.1. The number of fused-ring (bicyclic) bond motifs is 7. The lowest BCUT2D eigenvalue weighted by atomic mass is 9.82. The molecular formula is C49H35NS. The Balaban J connectivity index is 1.16. The topological polar surface area (TPSA) is 3.24 Å². The summed E-state index contributed by atoms with van der Waals surface area (Å²) < 4.78 is 2.62. The average molecular weight is 670 g/mol. The van der Waals surface area contributed by atoms with Crippen LogP contribution in [0.5, 0.6) is 0 Å². The molecule has 0 spiro atoms. The summed E-state index contributed by atoms with van der Waals surface area (Å²) in [5.41, 5.74) is 13.8. The van der Waals surface area contributed by atoms with Gasteiger partial charge in [-0.15, -0.1) is 11.3 Å². The molecule has 8 aromatic carbocycles. The van der Waals surface area contributed by atoms with Gasteiger partial charge in [-0.1, -0.05) is 147 Å². The predicted octanol–water partition coefficient (Wildman–Crippen LogP) is 14.3. The van der Waals surface area contributed by atoms with Crippen molar-refractivity contribution in [3.05, 3.63) is 187 Å². The van der Waals surface area contributed by atoms with Crippen molar-refractivity contribution in [1.82, 2.24) is 0 Å². The molecule has 0 amide bonds. The van der Waals surface area contributed by atoms with E-state index in [0.29, 0.717) is 0 Å². The lowest BCUT2D eigenvalue weighted by Crippen LogP contribution is -2.15. The third-order valence-electron chi connectivity index (χ3n) is 10.9.